The highest BCUT2D eigenvalue weighted by Crippen LogP contribution is 2.27. The van der Waals surface area contributed by atoms with Crippen LogP contribution in [0.5, 0.6) is 0 Å². The number of amides is 1. The SMILES string of the molecule is CC(=O)O[C@H]1/C=C/[C@H](C)[C@@H](/C(C)=C/C=C/C(C)COC(=O)N2CCOCC2)OC(=O)C[C@@H](O)CC[C@]1(C)O. The van der Waals surface area contributed by atoms with E-state index in [0.717, 1.165) is 5.57 Å². The number of esters is 2. The van der Waals surface area contributed by atoms with Crippen molar-refractivity contribution in [1.82, 2.24) is 4.90 Å². The first-order valence-corrected chi connectivity index (χ1v) is 13.2. The average Bonchev–Trinajstić information content (AvgIpc) is 2.86. The predicted octanol–water partition coefficient (Wildman–Crippen LogP) is 2.93. The van der Waals surface area contributed by atoms with Crippen LogP contribution in [0, 0.1) is 11.8 Å². The van der Waals surface area contributed by atoms with Crippen molar-refractivity contribution in [1.29, 1.82) is 0 Å². The molecule has 2 heterocycles. The Bertz CT molecular complexity index is 889. The van der Waals surface area contributed by atoms with Crippen LogP contribution in [0.1, 0.15) is 53.9 Å². The van der Waals surface area contributed by atoms with Gasteiger partial charge in [0.15, 0.2) is 0 Å². The zero-order valence-corrected chi connectivity index (χ0v) is 23.1. The molecule has 1 amide bonds. The summed E-state index contributed by atoms with van der Waals surface area (Å²) in [4.78, 5) is 38.0. The number of rotatable bonds is 6. The van der Waals surface area contributed by atoms with Crippen molar-refractivity contribution in [2.24, 2.45) is 11.8 Å². The Morgan fingerprint density at radius 2 is 1.95 bits per heavy atom. The van der Waals surface area contributed by atoms with Gasteiger partial charge < -0.3 is 34.1 Å². The number of aliphatic hydroxyl groups excluding tert-OH is 1. The van der Waals surface area contributed by atoms with E-state index in [1.54, 1.807) is 24.0 Å². The van der Waals surface area contributed by atoms with Crippen LogP contribution in [-0.4, -0.2) is 90.0 Å². The van der Waals surface area contributed by atoms with Crippen LogP contribution in [0.2, 0.25) is 0 Å². The number of hydrogen-bond acceptors (Lipinski definition) is 9. The Morgan fingerprint density at radius 3 is 2.61 bits per heavy atom. The van der Waals surface area contributed by atoms with Crippen LogP contribution < -0.4 is 0 Å². The fraction of sp³-hybridized carbons (Fsp3) is 0.679. The number of allylic oxidation sites excluding steroid dienone is 2. The van der Waals surface area contributed by atoms with Crippen molar-refractivity contribution < 1.29 is 43.5 Å². The summed E-state index contributed by atoms with van der Waals surface area (Å²) < 4.78 is 21.7. The van der Waals surface area contributed by atoms with Crippen molar-refractivity contribution in [3.8, 4) is 0 Å². The molecule has 38 heavy (non-hydrogen) atoms. The van der Waals surface area contributed by atoms with Gasteiger partial charge in [0, 0.05) is 31.8 Å². The molecule has 1 unspecified atom stereocenters. The normalized spacial score (nSPS) is 31.5. The Morgan fingerprint density at radius 1 is 1.26 bits per heavy atom. The number of aliphatic hydroxyl groups is 2. The molecule has 214 valence electrons. The predicted molar refractivity (Wildman–Crippen MR) is 140 cm³/mol. The van der Waals surface area contributed by atoms with Gasteiger partial charge in [0.1, 0.15) is 17.8 Å². The molecular formula is C28H43NO9. The van der Waals surface area contributed by atoms with Gasteiger partial charge in [-0.05, 0) is 38.3 Å². The zero-order chi connectivity index (χ0) is 28.3. The van der Waals surface area contributed by atoms with Crippen LogP contribution in [0.15, 0.2) is 36.0 Å². The Labute approximate surface area is 225 Å². The number of ether oxygens (including phenoxy) is 4. The Balaban J connectivity index is 2.10. The van der Waals surface area contributed by atoms with E-state index in [0.29, 0.717) is 26.3 Å². The maximum atomic E-state index is 12.6. The summed E-state index contributed by atoms with van der Waals surface area (Å²) in [6.07, 6.45) is 6.04. The standard InChI is InChI=1S/C28H43NO9/c1-19(18-36-27(33)29-13-15-35-16-14-29)7-6-8-20(2)26-21(3)9-10-24(37-22(4)30)28(5,34)12-11-23(31)17-25(32)38-26/h6-10,19,21,23-24,26,31,34H,11-18H2,1-5H3/b7-6+,10-9+,20-8+/t19?,21-,23-,24-,26+,28-/m0/s1. The Hall–Kier alpha value is -2.69. The van der Waals surface area contributed by atoms with E-state index in [4.69, 9.17) is 18.9 Å². The van der Waals surface area contributed by atoms with Crippen LogP contribution in [0.25, 0.3) is 0 Å². The lowest BCUT2D eigenvalue weighted by Crippen LogP contribution is -2.42. The number of morpholine rings is 1. The summed E-state index contributed by atoms with van der Waals surface area (Å²) in [6.45, 7) is 10.7. The molecule has 0 bridgehead atoms. The maximum absolute atomic E-state index is 12.6. The molecule has 0 aromatic heterocycles. The number of nitrogens with zero attached hydrogens (tertiary/aromatic N) is 1. The second-order valence-corrected chi connectivity index (χ2v) is 10.4. The molecule has 2 rings (SSSR count). The molecule has 6 atom stereocenters. The highest BCUT2D eigenvalue weighted by Gasteiger charge is 2.35. The van der Waals surface area contributed by atoms with Crippen molar-refractivity contribution in [3.05, 3.63) is 36.0 Å². The van der Waals surface area contributed by atoms with Crippen molar-refractivity contribution in [2.45, 2.75) is 77.8 Å². The van der Waals surface area contributed by atoms with E-state index in [-0.39, 0.29) is 43.8 Å². The molecule has 0 radical (unpaired) electrons. The van der Waals surface area contributed by atoms with Crippen LogP contribution in [-0.2, 0) is 28.5 Å². The number of hydrogen-bond donors (Lipinski definition) is 2. The first-order valence-electron chi connectivity index (χ1n) is 13.2. The highest BCUT2D eigenvalue weighted by atomic mass is 16.6. The molecule has 1 fully saturated rings. The molecule has 1 saturated heterocycles. The first-order chi connectivity index (χ1) is 17.9. The number of carbonyl (C=O) groups excluding carboxylic acids is 3. The van der Waals surface area contributed by atoms with Gasteiger partial charge in [-0.3, -0.25) is 9.59 Å². The van der Waals surface area contributed by atoms with Gasteiger partial charge in [0.05, 0.1) is 32.3 Å². The van der Waals surface area contributed by atoms with E-state index in [2.05, 4.69) is 0 Å². The lowest BCUT2D eigenvalue weighted by atomic mass is 9.88. The molecule has 2 aliphatic heterocycles. The number of carbonyl (C=O) groups is 3. The fourth-order valence-electron chi connectivity index (χ4n) is 4.22. The van der Waals surface area contributed by atoms with Gasteiger partial charge >= 0.3 is 18.0 Å². The summed E-state index contributed by atoms with van der Waals surface area (Å²) in [7, 11) is 0. The minimum Gasteiger partial charge on any atom is -0.457 e. The highest BCUT2D eigenvalue weighted by molar-refractivity contribution is 5.70. The molecular weight excluding hydrogens is 494 g/mol. The van der Waals surface area contributed by atoms with Gasteiger partial charge in [-0.25, -0.2) is 4.79 Å². The fourth-order valence-corrected chi connectivity index (χ4v) is 4.22. The monoisotopic (exact) mass is 537 g/mol. The van der Waals surface area contributed by atoms with Crippen LogP contribution >= 0.6 is 0 Å². The quantitative estimate of drug-likeness (QED) is 0.227. The molecule has 10 heteroatoms. The topological polar surface area (TPSA) is 132 Å². The van der Waals surface area contributed by atoms with Crippen molar-refractivity contribution in [3.63, 3.8) is 0 Å². The summed E-state index contributed by atoms with van der Waals surface area (Å²) in [5.41, 5.74) is -0.664. The van der Waals surface area contributed by atoms with Crippen molar-refractivity contribution >= 4 is 18.0 Å². The Kier molecular flexibility index (Phi) is 12.5. The molecule has 0 aliphatic carbocycles. The summed E-state index contributed by atoms with van der Waals surface area (Å²) in [5.74, 6) is -1.43. The minimum atomic E-state index is -1.42. The van der Waals surface area contributed by atoms with E-state index < -0.39 is 35.9 Å². The third-order valence-electron chi connectivity index (χ3n) is 6.60. The summed E-state index contributed by atoms with van der Waals surface area (Å²) in [5, 5.41) is 21.2. The van der Waals surface area contributed by atoms with Crippen LogP contribution in [0.4, 0.5) is 4.79 Å². The maximum Gasteiger partial charge on any atom is 0.409 e. The average molecular weight is 538 g/mol. The third-order valence-corrected chi connectivity index (χ3v) is 6.60. The summed E-state index contributed by atoms with van der Waals surface area (Å²) in [6, 6.07) is 0. The van der Waals surface area contributed by atoms with E-state index in [9.17, 15) is 24.6 Å². The molecule has 2 N–H and O–H groups in total. The van der Waals surface area contributed by atoms with E-state index >= 15 is 0 Å². The van der Waals surface area contributed by atoms with Gasteiger partial charge in [-0.2, -0.15) is 0 Å². The van der Waals surface area contributed by atoms with Crippen LogP contribution in [0.3, 0.4) is 0 Å². The van der Waals surface area contributed by atoms with E-state index in [1.807, 2.05) is 39.0 Å². The second kappa shape index (κ2) is 15.0. The smallest absolute Gasteiger partial charge is 0.409 e. The van der Waals surface area contributed by atoms with E-state index in [1.165, 1.54) is 6.92 Å². The molecule has 0 aromatic rings. The first kappa shape index (κ1) is 31.5. The molecule has 10 nitrogen and oxygen atoms in total. The lowest BCUT2D eigenvalue weighted by Gasteiger charge is -2.32. The minimum absolute atomic E-state index is 0.0397. The largest absolute Gasteiger partial charge is 0.457 e. The second-order valence-electron chi connectivity index (χ2n) is 10.4. The lowest BCUT2D eigenvalue weighted by molar-refractivity contribution is -0.157. The zero-order valence-electron chi connectivity index (χ0n) is 23.1. The van der Waals surface area contributed by atoms with Gasteiger partial charge in [-0.15, -0.1) is 0 Å². The molecule has 0 spiro atoms. The molecule has 0 aromatic carbocycles. The third kappa shape index (κ3) is 10.6. The molecule has 2 aliphatic rings. The van der Waals surface area contributed by atoms with Gasteiger partial charge in [0.2, 0.25) is 0 Å². The molecule has 0 saturated carbocycles. The summed E-state index contributed by atoms with van der Waals surface area (Å²) >= 11 is 0. The van der Waals surface area contributed by atoms with Gasteiger partial charge in [0.25, 0.3) is 0 Å². The number of cyclic esters (lactones) is 1. The van der Waals surface area contributed by atoms with Crippen molar-refractivity contribution in [2.75, 3.05) is 32.9 Å². The van der Waals surface area contributed by atoms with Gasteiger partial charge in [-0.1, -0.05) is 38.2 Å².